The zero-order valence-corrected chi connectivity index (χ0v) is 12.6. The largest absolute Gasteiger partial charge is 0.459 e. The SMILES string of the molecule is NC(=O)c1cccc(Oc2ccc(NC(=O)c3ccco3)cc2)c1. The van der Waals surface area contributed by atoms with E-state index in [1.807, 2.05) is 0 Å². The van der Waals surface area contributed by atoms with E-state index in [0.29, 0.717) is 22.7 Å². The van der Waals surface area contributed by atoms with E-state index in [2.05, 4.69) is 5.32 Å². The lowest BCUT2D eigenvalue weighted by molar-refractivity contribution is 0.0990. The second-order valence-corrected chi connectivity index (χ2v) is 4.95. The van der Waals surface area contributed by atoms with Gasteiger partial charge in [-0.2, -0.15) is 0 Å². The average Bonchev–Trinajstić information content (AvgIpc) is 3.11. The zero-order chi connectivity index (χ0) is 16.9. The number of amides is 2. The van der Waals surface area contributed by atoms with Crippen LogP contribution in [0.25, 0.3) is 0 Å². The molecule has 0 radical (unpaired) electrons. The van der Waals surface area contributed by atoms with Crippen molar-refractivity contribution in [1.82, 2.24) is 0 Å². The first kappa shape index (κ1) is 15.4. The maximum absolute atomic E-state index is 11.9. The quantitative estimate of drug-likeness (QED) is 0.752. The first-order valence-corrected chi connectivity index (χ1v) is 7.14. The van der Waals surface area contributed by atoms with Gasteiger partial charge in [-0.05, 0) is 54.6 Å². The molecule has 2 amide bonds. The number of rotatable bonds is 5. The van der Waals surface area contributed by atoms with Gasteiger partial charge < -0.3 is 20.2 Å². The van der Waals surface area contributed by atoms with Crippen molar-refractivity contribution in [1.29, 1.82) is 0 Å². The second-order valence-electron chi connectivity index (χ2n) is 4.95. The summed E-state index contributed by atoms with van der Waals surface area (Å²) in [5.41, 5.74) is 6.22. The molecular formula is C18H14N2O4. The van der Waals surface area contributed by atoms with Crippen molar-refractivity contribution in [2.24, 2.45) is 5.73 Å². The summed E-state index contributed by atoms with van der Waals surface area (Å²) in [7, 11) is 0. The van der Waals surface area contributed by atoms with Crippen LogP contribution < -0.4 is 15.8 Å². The van der Waals surface area contributed by atoms with Crippen molar-refractivity contribution in [3.63, 3.8) is 0 Å². The van der Waals surface area contributed by atoms with E-state index >= 15 is 0 Å². The number of ether oxygens (including phenoxy) is 1. The van der Waals surface area contributed by atoms with Crippen molar-refractivity contribution >= 4 is 17.5 Å². The van der Waals surface area contributed by atoms with Crippen molar-refractivity contribution < 1.29 is 18.7 Å². The molecule has 0 bridgehead atoms. The van der Waals surface area contributed by atoms with Gasteiger partial charge in [-0.1, -0.05) is 6.07 Å². The molecule has 3 rings (SSSR count). The summed E-state index contributed by atoms with van der Waals surface area (Å²) in [5.74, 6) is 0.448. The van der Waals surface area contributed by atoms with E-state index in [9.17, 15) is 9.59 Å². The second kappa shape index (κ2) is 6.70. The van der Waals surface area contributed by atoms with Crippen molar-refractivity contribution in [2.75, 3.05) is 5.32 Å². The molecule has 0 atom stereocenters. The van der Waals surface area contributed by atoms with Crippen molar-refractivity contribution in [2.45, 2.75) is 0 Å². The molecular weight excluding hydrogens is 308 g/mol. The molecule has 3 aromatic rings. The van der Waals surface area contributed by atoms with Crippen molar-refractivity contribution in [3.05, 3.63) is 78.3 Å². The Hall–Kier alpha value is -3.54. The molecule has 0 saturated carbocycles. The summed E-state index contributed by atoms with van der Waals surface area (Å²) in [4.78, 5) is 23.0. The Kier molecular flexibility index (Phi) is 4.29. The Morgan fingerprint density at radius 1 is 0.958 bits per heavy atom. The van der Waals surface area contributed by atoms with Crippen LogP contribution in [0.3, 0.4) is 0 Å². The summed E-state index contributed by atoms with van der Waals surface area (Å²) in [6.07, 6.45) is 1.44. The molecule has 6 nitrogen and oxygen atoms in total. The van der Waals surface area contributed by atoms with Crippen LogP contribution in [0.5, 0.6) is 11.5 Å². The van der Waals surface area contributed by atoms with Gasteiger partial charge in [-0.15, -0.1) is 0 Å². The average molecular weight is 322 g/mol. The highest BCUT2D eigenvalue weighted by molar-refractivity contribution is 6.02. The Bertz CT molecular complexity index is 855. The molecule has 0 unspecified atom stereocenters. The topological polar surface area (TPSA) is 94.6 Å². The van der Waals surface area contributed by atoms with Crippen LogP contribution in [0.1, 0.15) is 20.9 Å². The molecule has 2 aromatic carbocycles. The van der Waals surface area contributed by atoms with Crippen LogP contribution in [0, 0.1) is 0 Å². The molecule has 0 aliphatic heterocycles. The number of anilines is 1. The highest BCUT2D eigenvalue weighted by Gasteiger charge is 2.09. The Balaban J connectivity index is 1.67. The zero-order valence-electron chi connectivity index (χ0n) is 12.6. The minimum absolute atomic E-state index is 0.235. The fraction of sp³-hybridized carbons (Fsp3) is 0. The van der Waals surface area contributed by atoms with Crippen LogP contribution in [0.4, 0.5) is 5.69 Å². The Morgan fingerprint density at radius 2 is 1.75 bits per heavy atom. The van der Waals surface area contributed by atoms with E-state index in [-0.39, 0.29) is 11.7 Å². The Labute approximate surface area is 137 Å². The minimum Gasteiger partial charge on any atom is -0.459 e. The normalized spacial score (nSPS) is 10.2. The van der Waals surface area contributed by atoms with Gasteiger partial charge in [0.1, 0.15) is 11.5 Å². The molecule has 0 spiro atoms. The molecule has 0 aliphatic rings. The number of primary amides is 1. The van der Waals surface area contributed by atoms with Gasteiger partial charge in [0.15, 0.2) is 5.76 Å². The lowest BCUT2D eigenvalue weighted by atomic mass is 10.2. The van der Waals surface area contributed by atoms with Crippen molar-refractivity contribution in [3.8, 4) is 11.5 Å². The number of hydrogen-bond donors (Lipinski definition) is 2. The highest BCUT2D eigenvalue weighted by atomic mass is 16.5. The van der Waals surface area contributed by atoms with Crippen LogP contribution in [0.2, 0.25) is 0 Å². The molecule has 0 fully saturated rings. The number of carbonyl (C=O) groups is 2. The summed E-state index contributed by atoms with van der Waals surface area (Å²) in [6, 6.07) is 16.6. The van der Waals surface area contributed by atoms with Gasteiger partial charge >= 0.3 is 0 Å². The van der Waals surface area contributed by atoms with Gasteiger partial charge in [0.05, 0.1) is 6.26 Å². The van der Waals surface area contributed by atoms with Gasteiger partial charge in [0, 0.05) is 11.3 Å². The Morgan fingerprint density at radius 3 is 2.42 bits per heavy atom. The predicted molar refractivity (Wildman–Crippen MR) is 88.1 cm³/mol. The van der Waals surface area contributed by atoms with E-state index in [1.165, 1.54) is 6.26 Å². The molecule has 1 heterocycles. The molecule has 3 N–H and O–H groups in total. The van der Waals surface area contributed by atoms with E-state index < -0.39 is 5.91 Å². The molecule has 1 aromatic heterocycles. The number of nitrogens with two attached hydrogens (primary N) is 1. The number of hydrogen-bond acceptors (Lipinski definition) is 4. The summed E-state index contributed by atoms with van der Waals surface area (Å²) < 4.78 is 10.7. The van der Waals surface area contributed by atoms with E-state index in [0.717, 1.165) is 0 Å². The fourth-order valence-electron chi connectivity index (χ4n) is 2.06. The number of carbonyl (C=O) groups excluding carboxylic acids is 2. The number of benzene rings is 2. The molecule has 6 heteroatoms. The van der Waals surface area contributed by atoms with Gasteiger partial charge in [0.25, 0.3) is 5.91 Å². The first-order valence-electron chi connectivity index (χ1n) is 7.14. The van der Waals surface area contributed by atoms with Crippen LogP contribution in [-0.4, -0.2) is 11.8 Å². The summed E-state index contributed by atoms with van der Waals surface area (Å²) in [6.45, 7) is 0. The smallest absolute Gasteiger partial charge is 0.291 e. The number of furan rings is 1. The standard InChI is InChI=1S/C18H14N2O4/c19-17(21)12-3-1-4-15(11-12)24-14-8-6-13(7-9-14)20-18(22)16-5-2-10-23-16/h1-11H,(H2,19,21)(H,20,22). The third kappa shape index (κ3) is 3.61. The maximum Gasteiger partial charge on any atom is 0.291 e. The lowest BCUT2D eigenvalue weighted by Crippen LogP contribution is -2.10. The molecule has 120 valence electrons. The summed E-state index contributed by atoms with van der Waals surface area (Å²) >= 11 is 0. The molecule has 24 heavy (non-hydrogen) atoms. The number of nitrogens with one attached hydrogen (secondary N) is 1. The van der Waals surface area contributed by atoms with E-state index in [4.69, 9.17) is 14.9 Å². The fourth-order valence-corrected chi connectivity index (χ4v) is 2.06. The van der Waals surface area contributed by atoms with Crippen LogP contribution in [0.15, 0.2) is 71.3 Å². The third-order valence-electron chi connectivity index (χ3n) is 3.21. The third-order valence-corrected chi connectivity index (χ3v) is 3.21. The van der Waals surface area contributed by atoms with Crippen LogP contribution in [-0.2, 0) is 0 Å². The monoisotopic (exact) mass is 322 g/mol. The summed E-state index contributed by atoms with van der Waals surface area (Å²) in [5, 5.41) is 2.71. The highest BCUT2D eigenvalue weighted by Crippen LogP contribution is 2.24. The van der Waals surface area contributed by atoms with Crippen LogP contribution >= 0.6 is 0 Å². The first-order chi connectivity index (χ1) is 11.6. The minimum atomic E-state index is -0.517. The van der Waals surface area contributed by atoms with E-state index in [1.54, 1.807) is 60.7 Å². The molecule has 0 aliphatic carbocycles. The van der Waals surface area contributed by atoms with Gasteiger partial charge in [-0.25, -0.2) is 0 Å². The van der Waals surface area contributed by atoms with Gasteiger partial charge in [0.2, 0.25) is 5.91 Å². The van der Waals surface area contributed by atoms with Gasteiger partial charge in [-0.3, -0.25) is 9.59 Å². The molecule has 0 saturated heterocycles. The maximum atomic E-state index is 11.9. The lowest BCUT2D eigenvalue weighted by Gasteiger charge is -2.08. The predicted octanol–water partition coefficient (Wildman–Crippen LogP) is 3.42.